The second kappa shape index (κ2) is 4.79. The highest BCUT2D eigenvalue weighted by Crippen LogP contribution is 2.31. The number of rotatable bonds is 2. The van der Waals surface area contributed by atoms with Crippen LogP contribution < -0.4 is 0 Å². The first-order valence-corrected chi connectivity index (χ1v) is 6.52. The summed E-state index contributed by atoms with van der Waals surface area (Å²) in [6, 6.07) is 10.8. The lowest BCUT2D eigenvalue weighted by molar-refractivity contribution is 0.401. The van der Waals surface area contributed by atoms with Crippen LogP contribution in [0.25, 0.3) is 0 Å². The zero-order chi connectivity index (χ0) is 11.5. The van der Waals surface area contributed by atoms with E-state index in [0.717, 1.165) is 6.42 Å². The zero-order valence-electron chi connectivity index (χ0n) is 10.1. The van der Waals surface area contributed by atoms with E-state index in [-0.39, 0.29) is 0 Å². The molecule has 17 heavy (non-hydrogen) atoms. The summed E-state index contributed by atoms with van der Waals surface area (Å²) in [6.07, 6.45) is 11.5. The molecule has 1 aliphatic heterocycles. The maximum atomic E-state index is 3.33. The topological polar surface area (TPSA) is 3.24 Å². The third-order valence-corrected chi connectivity index (χ3v) is 3.72. The fraction of sp³-hybridized carbons (Fsp3) is 0.375. The van der Waals surface area contributed by atoms with Crippen LogP contribution in [0.4, 0.5) is 0 Å². The third kappa shape index (κ3) is 2.28. The average Bonchev–Trinajstić information content (AvgIpc) is 2.94. The van der Waals surface area contributed by atoms with Gasteiger partial charge >= 0.3 is 0 Å². The summed E-state index contributed by atoms with van der Waals surface area (Å²) in [5, 5.41) is 0. The van der Waals surface area contributed by atoms with Crippen molar-refractivity contribution in [1.29, 1.82) is 0 Å². The van der Waals surface area contributed by atoms with Crippen LogP contribution in [-0.4, -0.2) is 18.0 Å². The van der Waals surface area contributed by atoms with Crippen molar-refractivity contribution in [3.8, 4) is 0 Å². The standard InChI is InChI=1S/C16H18N/c1-2-7-14(8-3-1)15-9-6-10-16(13-15)17-11-4-5-12-17/h1-3,7-10,15H,4-5,11-13H2. The summed E-state index contributed by atoms with van der Waals surface area (Å²) in [5.41, 5.74) is 2.88. The Morgan fingerprint density at radius 1 is 1.06 bits per heavy atom. The summed E-state index contributed by atoms with van der Waals surface area (Å²) >= 11 is 0. The van der Waals surface area contributed by atoms with Crippen molar-refractivity contribution in [3.05, 3.63) is 59.8 Å². The molecule has 1 heteroatoms. The van der Waals surface area contributed by atoms with Crippen LogP contribution in [0.5, 0.6) is 0 Å². The van der Waals surface area contributed by atoms with Crippen LogP contribution in [-0.2, 0) is 0 Å². The van der Waals surface area contributed by atoms with Crippen molar-refractivity contribution in [3.63, 3.8) is 0 Å². The lowest BCUT2D eigenvalue weighted by Crippen LogP contribution is -2.21. The number of hydrogen-bond acceptors (Lipinski definition) is 1. The Labute approximate surface area is 103 Å². The normalized spacial score (nSPS) is 23.9. The van der Waals surface area contributed by atoms with Crippen molar-refractivity contribution in [1.82, 2.24) is 4.90 Å². The molecular weight excluding hydrogens is 206 g/mol. The molecule has 0 aromatic heterocycles. The lowest BCUT2D eigenvalue weighted by Gasteiger charge is -2.26. The van der Waals surface area contributed by atoms with E-state index in [4.69, 9.17) is 0 Å². The SMILES string of the molecule is [C]1=CC(c2ccccc2)CC(N2CCCC2)=C1. The van der Waals surface area contributed by atoms with Gasteiger partial charge in [0.25, 0.3) is 0 Å². The third-order valence-electron chi connectivity index (χ3n) is 3.72. The quantitative estimate of drug-likeness (QED) is 0.743. The summed E-state index contributed by atoms with van der Waals surface area (Å²) < 4.78 is 0. The van der Waals surface area contributed by atoms with Crippen LogP contribution in [0.3, 0.4) is 0 Å². The van der Waals surface area contributed by atoms with Crippen molar-refractivity contribution in [2.24, 2.45) is 0 Å². The predicted octanol–water partition coefficient (Wildman–Crippen LogP) is 3.51. The first-order chi connectivity index (χ1) is 8.43. The highest BCUT2D eigenvalue weighted by Gasteiger charge is 2.20. The van der Waals surface area contributed by atoms with Crippen LogP contribution >= 0.6 is 0 Å². The van der Waals surface area contributed by atoms with E-state index in [9.17, 15) is 0 Å². The summed E-state index contributed by atoms with van der Waals surface area (Å²) in [6.45, 7) is 2.46. The van der Waals surface area contributed by atoms with Gasteiger partial charge in [0.05, 0.1) is 0 Å². The minimum atomic E-state index is 0.511. The van der Waals surface area contributed by atoms with Crippen molar-refractivity contribution in [2.45, 2.75) is 25.2 Å². The van der Waals surface area contributed by atoms with Gasteiger partial charge in [-0.25, -0.2) is 0 Å². The predicted molar refractivity (Wildman–Crippen MR) is 70.5 cm³/mol. The van der Waals surface area contributed by atoms with Crippen molar-refractivity contribution < 1.29 is 0 Å². The van der Waals surface area contributed by atoms with E-state index in [2.05, 4.69) is 53.5 Å². The molecule has 0 amide bonds. The summed E-state index contributed by atoms with van der Waals surface area (Å²) in [4.78, 5) is 2.52. The minimum absolute atomic E-state index is 0.511. The average molecular weight is 224 g/mol. The second-order valence-electron chi connectivity index (χ2n) is 4.88. The first-order valence-electron chi connectivity index (χ1n) is 6.52. The molecule has 2 aliphatic rings. The van der Waals surface area contributed by atoms with E-state index in [1.807, 2.05) is 0 Å². The Bertz CT molecular complexity index is 424. The van der Waals surface area contributed by atoms with E-state index >= 15 is 0 Å². The lowest BCUT2D eigenvalue weighted by atomic mass is 9.90. The monoisotopic (exact) mass is 224 g/mol. The Morgan fingerprint density at radius 2 is 1.82 bits per heavy atom. The largest absolute Gasteiger partial charge is 0.375 e. The molecule has 0 N–H and O–H groups in total. The minimum Gasteiger partial charge on any atom is -0.375 e. The number of allylic oxidation sites excluding steroid dienone is 4. The summed E-state index contributed by atoms with van der Waals surface area (Å²) in [5.74, 6) is 0.511. The molecule has 1 nitrogen and oxygen atoms in total. The molecule has 1 aliphatic carbocycles. The van der Waals surface area contributed by atoms with Gasteiger partial charge in [0, 0.05) is 24.7 Å². The Kier molecular flexibility index (Phi) is 3.00. The van der Waals surface area contributed by atoms with E-state index in [1.165, 1.54) is 37.2 Å². The van der Waals surface area contributed by atoms with Gasteiger partial charge in [0.15, 0.2) is 0 Å². The van der Waals surface area contributed by atoms with Gasteiger partial charge in [0.1, 0.15) is 0 Å². The van der Waals surface area contributed by atoms with Crippen LogP contribution in [0.15, 0.2) is 48.2 Å². The van der Waals surface area contributed by atoms with Gasteiger partial charge in [-0.1, -0.05) is 36.4 Å². The number of benzene rings is 1. The number of likely N-dealkylation sites (tertiary alicyclic amines) is 1. The molecule has 1 aromatic carbocycles. The molecule has 1 unspecified atom stereocenters. The Balaban J connectivity index is 1.75. The molecule has 3 rings (SSSR count). The van der Waals surface area contributed by atoms with Gasteiger partial charge in [0.2, 0.25) is 0 Å². The molecule has 1 heterocycles. The summed E-state index contributed by atoms with van der Waals surface area (Å²) in [7, 11) is 0. The highest BCUT2D eigenvalue weighted by molar-refractivity contribution is 5.29. The van der Waals surface area contributed by atoms with Crippen LogP contribution in [0, 0.1) is 6.08 Å². The molecule has 1 aromatic rings. The van der Waals surface area contributed by atoms with E-state index in [1.54, 1.807) is 0 Å². The Morgan fingerprint density at radius 3 is 2.59 bits per heavy atom. The molecule has 1 radical (unpaired) electrons. The first kappa shape index (κ1) is 10.6. The molecule has 0 spiro atoms. The van der Waals surface area contributed by atoms with Crippen LogP contribution in [0.2, 0.25) is 0 Å². The highest BCUT2D eigenvalue weighted by atomic mass is 15.1. The molecule has 0 saturated carbocycles. The van der Waals surface area contributed by atoms with Crippen molar-refractivity contribution in [2.75, 3.05) is 13.1 Å². The van der Waals surface area contributed by atoms with Gasteiger partial charge in [-0.15, -0.1) is 0 Å². The molecular formula is C16H18N. The van der Waals surface area contributed by atoms with E-state index in [0.29, 0.717) is 5.92 Å². The van der Waals surface area contributed by atoms with Gasteiger partial charge < -0.3 is 4.90 Å². The molecule has 1 saturated heterocycles. The maximum Gasteiger partial charge on any atom is 0.0175 e. The number of nitrogens with zero attached hydrogens (tertiary/aromatic N) is 1. The maximum absolute atomic E-state index is 3.33. The van der Waals surface area contributed by atoms with Crippen molar-refractivity contribution >= 4 is 0 Å². The molecule has 87 valence electrons. The molecule has 1 fully saturated rings. The van der Waals surface area contributed by atoms with Gasteiger partial charge in [-0.3, -0.25) is 0 Å². The molecule has 0 bridgehead atoms. The Hall–Kier alpha value is -1.50. The fourth-order valence-corrected chi connectivity index (χ4v) is 2.74. The molecule has 1 atom stereocenters. The van der Waals surface area contributed by atoms with Gasteiger partial charge in [-0.2, -0.15) is 0 Å². The number of hydrogen-bond donors (Lipinski definition) is 0. The smallest absolute Gasteiger partial charge is 0.0175 e. The van der Waals surface area contributed by atoms with Crippen LogP contribution in [0.1, 0.15) is 30.7 Å². The fourth-order valence-electron chi connectivity index (χ4n) is 2.74. The zero-order valence-corrected chi connectivity index (χ0v) is 10.1. The van der Waals surface area contributed by atoms with Gasteiger partial charge in [-0.05, 0) is 37.0 Å². The second-order valence-corrected chi connectivity index (χ2v) is 4.88. The van der Waals surface area contributed by atoms with E-state index < -0.39 is 0 Å².